The minimum absolute atomic E-state index is 0.0136. The van der Waals surface area contributed by atoms with Crippen molar-refractivity contribution >= 4 is 11.9 Å². The first kappa shape index (κ1) is 75.6. The van der Waals surface area contributed by atoms with Crippen molar-refractivity contribution in [3.63, 3.8) is 0 Å². The standard InChI is InChI=1S/C71H139NO5/c1-3-5-7-9-11-13-15-17-19-37-41-45-49-53-57-61-65-71(76)77-66-62-58-54-50-46-42-38-35-33-31-29-27-25-23-21-20-22-24-26-28-30-32-34-36-40-44-48-52-56-60-64-70(75)72-68(67-73)69(74)63-59-55-51-47-43-39-18-16-14-12-10-8-6-4-2/h19,37,68-69,73-74H,3-18,20-36,38-67H2,1-2H3,(H,72,75)/b37-19-. The molecule has 2 atom stereocenters. The largest absolute Gasteiger partial charge is 0.466 e. The van der Waals surface area contributed by atoms with Crippen LogP contribution in [0.1, 0.15) is 406 Å². The Morgan fingerprint density at radius 1 is 0.351 bits per heavy atom. The number of esters is 1. The summed E-state index contributed by atoms with van der Waals surface area (Å²) < 4.78 is 5.50. The minimum atomic E-state index is -0.660. The fraction of sp³-hybridized carbons (Fsp3) is 0.944. The zero-order valence-electron chi connectivity index (χ0n) is 52.5. The lowest BCUT2D eigenvalue weighted by atomic mass is 10.0. The van der Waals surface area contributed by atoms with E-state index in [1.165, 1.54) is 327 Å². The van der Waals surface area contributed by atoms with E-state index in [1.54, 1.807) is 0 Å². The molecular weight excluding hydrogens is 947 g/mol. The second-order valence-corrected chi connectivity index (χ2v) is 24.6. The number of unbranched alkanes of at least 4 members (excludes halogenated alkanes) is 54. The van der Waals surface area contributed by atoms with Crippen molar-refractivity contribution in [3.8, 4) is 0 Å². The average Bonchev–Trinajstić information content (AvgIpc) is 3.43. The van der Waals surface area contributed by atoms with Gasteiger partial charge in [0.25, 0.3) is 0 Å². The molecule has 6 nitrogen and oxygen atoms in total. The van der Waals surface area contributed by atoms with Crippen molar-refractivity contribution in [2.45, 2.75) is 418 Å². The van der Waals surface area contributed by atoms with Crippen LogP contribution in [0, 0.1) is 0 Å². The molecule has 0 heterocycles. The maximum absolute atomic E-state index is 12.5. The lowest BCUT2D eigenvalue weighted by Gasteiger charge is -2.22. The van der Waals surface area contributed by atoms with E-state index in [0.717, 1.165) is 44.9 Å². The summed E-state index contributed by atoms with van der Waals surface area (Å²) in [6, 6.07) is -0.537. The van der Waals surface area contributed by atoms with Gasteiger partial charge in [-0.3, -0.25) is 9.59 Å². The third-order valence-corrected chi connectivity index (χ3v) is 16.8. The predicted molar refractivity (Wildman–Crippen MR) is 338 cm³/mol. The Morgan fingerprint density at radius 3 is 0.922 bits per heavy atom. The van der Waals surface area contributed by atoms with E-state index in [4.69, 9.17) is 4.74 Å². The SMILES string of the molecule is CCCCCCCCC/C=C\CCCCCCCC(=O)OCCCCCCCCCCCCCCCCCCCCCCCCCCCCCCCCC(=O)NC(CO)C(O)CCCCCCCCCCCCCCCC. The molecule has 1 amide bonds. The molecule has 3 N–H and O–H groups in total. The van der Waals surface area contributed by atoms with Crippen LogP contribution < -0.4 is 5.32 Å². The molecule has 0 spiro atoms. The van der Waals surface area contributed by atoms with E-state index in [1.807, 2.05) is 0 Å². The lowest BCUT2D eigenvalue weighted by molar-refractivity contribution is -0.143. The first-order valence-corrected chi connectivity index (χ1v) is 35.4. The van der Waals surface area contributed by atoms with Gasteiger partial charge in [-0.2, -0.15) is 0 Å². The number of rotatable bonds is 67. The van der Waals surface area contributed by atoms with Crippen LogP contribution in [0.25, 0.3) is 0 Å². The first-order chi connectivity index (χ1) is 38.0. The number of amides is 1. The van der Waals surface area contributed by atoms with Crippen LogP contribution in [-0.2, 0) is 14.3 Å². The maximum atomic E-state index is 12.5. The second kappa shape index (κ2) is 67.1. The van der Waals surface area contributed by atoms with Gasteiger partial charge in [0.05, 0.1) is 25.4 Å². The van der Waals surface area contributed by atoms with E-state index in [-0.39, 0.29) is 18.5 Å². The third kappa shape index (κ3) is 63.6. The van der Waals surface area contributed by atoms with Gasteiger partial charge in [0.2, 0.25) is 5.91 Å². The number of nitrogens with one attached hydrogen (secondary N) is 1. The Bertz CT molecular complexity index is 1160. The maximum Gasteiger partial charge on any atom is 0.305 e. The quantitative estimate of drug-likeness (QED) is 0.0320. The summed E-state index contributed by atoms with van der Waals surface area (Å²) in [5, 5.41) is 23.3. The Labute approximate surface area is 482 Å². The summed E-state index contributed by atoms with van der Waals surface area (Å²) in [6.45, 7) is 4.98. The van der Waals surface area contributed by atoms with Crippen molar-refractivity contribution in [1.82, 2.24) is 5.32 Å². The Hall–Kier alpha value is -1.40. The van der Waals surface area contributed by atoms with Gasteiger partial charge in [-0.1, -0.05) is 353 Å². The average molecular weight is 1090 g/mol. The molecule has 0 bridgehead atoms. The molecule has 77 heavy (non-hydrogen) atoms. The van der Waals surface area contributed by atoms with E-state index in [0.29, 0.717) is 25.9 Å². The predicted octanol–water partition coefficient (Wildman–Crippen LogP) is 22.8. The third-order valence-electron chi connectivity index (χ3n) is 16.8. The molecular formula is C71H139NO5. The Balaban J connectivity index is 3.31. The number of aliphatic hydroxyl groups excluding tert-OH is 2. The van der Waals surface area contributed by atoms with Crippen molar-refractivity contribution in [1.29, 1.82) is 0 Å². The molecule has 6 heteroatoms. The minimum Gasteiger partial charge on any atom is -0.466 e. The molecule has 0 aliphatic heterocycles. The molecule has 0 saturated carbocycles. The van der Waals surface area contributed by atoms with Crippen molar-refractivity contribution in [3.05, 3.63) is 12.2 Å². The summed E-state index contributed by atoms with van der Waals surface area (Å²) in [6.07, 6.45) is 82.7. The van der Waals surface area contributed by atoms with Crippen molar-refractivity contribution in [2.75, 3.05) is 13.2 Å². The highest BCUT2D eigenvalue weighted by molar-refractivity contribution is 5.76. The molecule has 0 aromatic heterocycles. The van der Waals surface area contributed by atoms with E-state index in [9.17, 15) is 19.8 Å². The molecule has 0 rings (SSSR count). The monoisotopic (exact) mass is 1090 g/mol. The summed E-state index contributed by atoms with van der Waals surface area (Å²) in [4.78, 5) is 24.6. The molecule has 0 aromatic rings. The van der Waals surface area contributed by atoms with E-state index >= 15 is 0 Å². The van der Waals surface area contributed by atoms with E-state index < -0.39 is 12.1 Å². The number of ether oxygens (including phenoxy) is 1. The van der Waals surface area contributed by atoms with Crippen LogP contribution in [0.3, 0.4) is 0 Å². The summed E-state index contributed by atoms with van der Waals surface area (Å²) >= 11 is 0. The van der Waals surface area contributed by atoms with Crippen LogP contribution in [-0.4, -0.2) is 47.4 Å². The van der Waals surface area contributed by atoms with E-state index in [2.05, 4.69) is 31.3 Å². The highest BCUT2D eigenvalue weighted by atomic mass is 16.5. The van der Waals surface area contributed by atoms with Gasteiger partial charge >= 0.3 is 5.97 Å². The summed E-state index contributed by atoms with van der Waals surface area (Å²) in [5.74, 6) is -0.0146. The zero-order valence-corrected chi connectivity index (χ0v) is 52.5. The molecule has 0 fully saturated rings. The Kier molecular flexibility index (Phi) is 65.9. The summed E-state index contributed by atoms with van der Waals surface area (Å²) in [5.41, 5.74) is 0. The molecule has 0 aliphatic rings. The fourth-order valence-electron chi connectivity index (χ4n) is 11.4. The summed E-state index contributed by atoms with van der Waals surface area (Å²) in [7, 11) is 0. The Morgan fingerprint density at radius 2 is 0.610 bits per heavy atom. The molecule has 0 radical (unpaired) electrons. The number of hydrogen-bond donors (Lipinski definition) is 3. The lowest BCUT2D eigenvalue weighted by Crippen LogP contribution is -2.45. The van der Waals surface area contributed by atoms with Crippen LogP contribution in [0.4, 0.5) is 0 Å². The van der Waals surface area contributed by atoms with Gasteiger partial charge in [-0.05, 0) is 51.4 Å². The van der Waals surface area contributed by atoms with Gasteiger partial charge < -0.3 is 20.3 Å². The molecule has 0 saturated heterocycles. The van der Waals surface area contributed by atoms with Gasteiger partial charge in [-0.15, -0.1) is 0 Å². The molecule has 2 unspecified atom stereocenters. The topological polar surface area (TPSA) is 95.9 Å². The number of carbonyl (C=O) groups is 2. The van der Waals surface area contributed by atoms with Crippen LogP contribution >= 0.6 is 0 Å². The first-order valence-electron chi connectivity index (χ1n) is 35.4. The smallest absolute Gasteiger partial charge is 0.305 e. The van der Waals surface area contributed by atoms with Crippen molar-refractivity contribution < 1.29 is 24.5 Å². The van der Waals surface area contributed by atoms with Gasteiger partial charge in [0, 0.05) is 12.8 Å². The number of allylic oxidation sites excluding steroid dienone is 2. The second-order valence-electron chi connectivity index (χ2n) is 24.6. The van der Waals surface area contributed by atoms with Crippen LogP contribution in [0.15, 0.2) is 12.2 Å². The number of hydrogen-bond acceptors (Lipinski definition) is 5. The zero-order chi connectivity index (χ0) is 55.7. The van der Waals surface area contributed by atoms with Gasteiger partial charge in [0.1, 0.15) is 0 Å². The van der Waals surface area contributed by atoms with Crippen LogP contribution in [0.5, 0.6) is 0 Å². The van der Waals surface area contributed by atoms with Crippen molar-refractivity contribution in [2.24, 2.45) is 0 Å². The fourth-order valence-corrected chi connectivity index (χ4v) is 11.4. The van der Waals surface area contributed by atoms with Crippen LogP contribution in [0.2, 0.25) is 0 Å². The molecule has 458 valence electrons. The van der Waals surface area contributed by atoms with Gasteiger partial charge in [-0.25, -0.2) is 0 Å². The van der Waals surface area contributed by atoms with Gasteiger partial charge in [0.15, 0.2) is 0 Å². The number of aliphatic hydroxyl groups is 2. The highest BCUT2D eigenvalue weighted by Gasteiger charge is 2.20. The normalized spacial score (nSPS) is 12.5. The molecule has 0 aliphatic carbocycles. The molecule has 0 aromatic carbocycles. The highest BCUT2D eigenvalue weighted by Crippen LogP contribution is 2.19. The number of carbonyl (C=O) groups excluding carboxylic acids is 2.